The van der Waals surface area contributed by atoms with E-state index in [4.69, 9.17) is 32.4 Å². The van der Waals surface area contributed by atoms with Crippen LogP contribution in [0.3, 0.4) is 0 Å². The molecule has 0 atom stereocenters. The van der Waals surface area contributed by atoms with E-state index in [0.29, 0.717) is 33.4 Å². The Morgan fingerprint density at radius 2 is 2.08 bits per heavy atom. The number of rotatable bonds is 5. The first kappa shape index (κ1) is 17.1. The van der Waals surface area contributed by atoms with Crippen molar-refractivity contribution in [3.05, 3.63) is 51.8 Å². The minimum atomic E-state index is -0.533. The van der Waals surface area contributed by atoms with Crippen LogP contribution < -0.4 is 0 Å². The summed E-state index contributed by atoms with van der Waals surface area (Å²) in [4.78, 5) is 11.9. The molecule has 9 heteroatoms. The van der Waals surface area contributed by atoms with Gasteiger partial charge in [0.1, 0.15) is 6.54 Å². The van der Waals surface area contributed by atoms with Crippen LogP contribution in [-0.2, 0) is 11.3 Å². The quantitative estimate of drug-likeness (QED) is 0.611. The molecule has 4 rings (SSSR count). The standard InChI is InChI=1S/C17H14Cl2N4O3/c1-25-17(24)13-7-14(10-4-5-11(18)12(19)6-10)23(22-13)8-15-20-21-16(26-15)9-2-3-9/h4-7,9H,2-3,8H2,1H3. The van der Waals surface area contributed by atoms with Crippen LogP contribution in [0.5, 0.6) is 0 Å². The summed E-state index contributed by atoms with van der Waals surface area (Å²) in [5.41, 5.74) is 1.59. The van der Waals surface area contributed by atoms with Crippen LogP contribution in [0.1, 0.15) is 41.0 Å². The molecule has 0 spiro atoms. The highest BCUT2D eigenvalue weighted by atomic mass is 35.5. The molecule has 134 valence electrons. The van der Waals surface area contributed by atoms with Gasteiger partial charge in [-0.1, -0.05) is 29.3 Å². The molecule has 2 aromatic heterocycles. The number of aromatic nitrogens is 4. The van der Waals surface area contributed by atoms with Crippen molar-refractivity contribution in [2.24, 2.45) is 0 Å². The third-order valence-electron chi connectivity index (χ3n) is 4.08. The Labute approximate surface area is 158 Å². The zero-order chi connectivity index (χ0) is 18.3. The number of methoxy groups -OCH3 is 1. The fourth-order valence-corrected chi connectivity index (χ4v) is 2.88. The molecular formula is C17H14Cl2N4O3. The van der Waals surface area contributed by atoms with Crippen LogP contribution in [0, 0.1) is 0 Å². The van der Waals surface area contributed by atoms with Crippen molar-refractivity contribution in [2.45, 2.75) is 25.3 Å². The van der Waals surface area contributed by atoms with E-state index in [2.05, 4.69) is 15.3 Å². The van der Waals surface area contributed by atoms with Crippen molar-refractivity contribution in [3.63, 3.8) is 0 Å². The molecule has 1 saturated carbocycles. The molecule has 0 radical (unpaired) electrons. The minimum Gasteiger partial charge on any atom is -0.464 e. The third-order valence-corrected chi connectivity index (χ3v) is 4.82. The van der Waals surface area contributed by atoms with Crippen LogP contribution in [0.2, 0.25) is 10.0 Å². The Hall–Kier alpha value is -2.38. The number of esters is 1. The number of carbonyl (C=O) groups is 1. The molecule has 0 bridgehead atoms. The molecule has 1 aliphatic carbocycles. The molecule has 2 heterocycles. The lowest BCUT2D eigenvalue weighted by atomic mass is 10.1. The van der Waals surface area contributed by atoms with Crippen LogP contribution in [0.4, 0.5) is 0 Å². The second-order valence-corrected chi connectivity index (χ2v) is 6.82. The first-order chi connectivity index (χ1) is 12.5. The average molecular weight is 393 g/mol. The van der Waals surface area contributed by atoms with Crippen LogP contribution >= 0.6 is 23.2 Å². The van der Waals surface area contributed by atoms with Crippen molar-refractivity contribution >= 4 is 29.2 Å². The van der Waals surface area contributed by atoms with Crippen LogP contribution in [0.25, 0.3) is 11.3 Å². The van der Waals surface area contributed by atoms with Crippen molar-refractivity contribution in [2.75, 3.05) is 7.11 Å². The molecule has 1 aromatic carbocycles. The maximum absolute atomic E-state index is 11.9. The van der Waals surface area contributed by atoms with E-state index < -0.39 is 5.97 Å². The molecule has 0 amide bonds. The third kappa shape index (κ3) is 3.32. The maximum Gasteiger partial charge on any atom is 0.358 e. The van der Waals surface area contributed by atoms with Gasteiger partial charge in [-0.15, -0.1) is 10.2 Å². The Bertz CT molecular complexity index is 978. The van der Waals surface area contributed by atoms with Gasteiger partial charge in [-0.2, -0.15) is 5.10 Å². The lowest BCUT2D eigenvalue weighted by molar-refractivity contribution is 0.0593. The molecular weight excluding hydrogens is 379 g/mol. The lowest BCUT2D eigenvalue weighted by Crippen LogP contribution is -2.07. The van der Waals surface area contributed by atoms with Gasteiger partial charge in [0.25, 0.3) is 0 Å². The average Bonchev–Trinajstić information content (AvgIpc) is 3.24. The fraction of sp³-hybridized carbons (Fsp3) is 0.294. The minimum absolute atomic E-state index is 0.176. The summed E-state index contributed by atoms with van der Waals surface area (Å²) in [5, 5.41) is 13.3. The highest BCUT2D eigenvalue weighted by Gasteiger charge is 2.29. The summed E-state index contributed by atoms with van der Waals surface area (Å²) in [6, 6.07) is 6.82. The number of carbonyl (C=O) groups excluding carboxylic acids is 1. The Morgan fingerprint density at radius 1 is 1.27 bits per heavy atom. The van der Waals surface area contributed by atoms with Crippen LogP contribution in [0.15, 0.2) is 28.7 Å². The zero-order valence-corrected chi connectivity index (χ0v) is 15.3. The summed E-state index contributed by atoms with van der Waals surface area (Å²) in [5.74, 6) is 0.910. The number of ether oxygens (including phenoxy) is 1. The van der Waals surface area contributed by atoms with Gasteiger partial charge >= 0.3 is 5.97 Å². The largest absolute Gasteiger partial charge is 0.464 e. The predicted molar refractivity (Wildman–Crippen MR) is 94.4 cm³/mol. The van der Waals surface area contributed by atoms with Gasteiger partial charge in [0, 0.05) is 11.5 Å². The van der Waals surface area contributed by atoms with E-state index in [1.54, 1.807) is 28.9 Å². The lowest BCUT2D eigenvalue weighted by Gasteiger charge is -2.06. The molecule has 7 nitrogen and oxygen atoms in total. The summed E-state index contributed by atoms with van der Waals surface area (Å²) in [6.45, 7) is 0.228. The van der Waals surface area contributed by atoms with Crippen molar-refractivity contribution in [1.82, 2.24) is 20.0 Å². The maximum atomic E-state index is 11.9. The molecule has 1 fully saturated rings. The predicted octanol–water partition coefficient (Wildman–Crippen LogP) is 3.95. The zero-order valence-electron chi connectivity index (χ0n) is 13.8. The van der Waals surface area contributed by atoms with Gasteiger partial charge in [0.05, 0.1) is 22.8 Å². The summed E-state index contributed by atoms with van der Waals surface area (Å²) in [6.07, 6.45) is 2.15. The van der Waals surface area contributed by atoms with Gasteiger partial charge in [0.15, 0.2) is 5.69 Å². The molecule has 0 aliphatic heterocycles. The van der Waals surface area contributed by atoms with E-state index in [1.165, 1.54) is 7.11 Å². The summed E-state index contributed by atoms with van der Waals surface area (Å²) >= 11 is 12.1. The van der Waals surface area contributed by atoms with Gasteiger partial charge in [-0.3, -0.25) is 4.68 Å². The topological polar surface area (TPSA) is 83.0 Å². The summed E-state index contributed by atoms with van der Waals surface area (Å²) < 4.78 is 12.1. The number of nitrogens with zero attached hydrogens (tertiary/aromatic N) is 4. The Balaban J connectivity index is 1.71. The van der Waals surface area contributed by atoms with Crippen molar-refractivity contribution in [1.29, 1.82) is 0 Å². The van der Waals surface area contributed by atoms with Crippen molar-refractivity contribution in [3.8, 4) is 11.3 Å². The monoisotopic (exact) mass is 392 g/mol. The fourth-order valence-electron chi connectivity index (χ4n) is 2.58. The van der Waals surface area contributed by atoms with E-state index in [-0.39, 0.29) is 12.2 Å². The van der Waals surface area contributed by atoms with Crippen molar-refractivity contribution < 1.29 is 13.9 Å². The molecule has 26 heavy (non-hydrogen) atoms. The van der Waals surface area contributed by atoms with Crippen LogP contribution in [-0.4, -0.2) is 33.1 Å². The first-order valence-electron chi connectivity index (χ1n) is 7.99. The van der Waals surface area contributed by atoms with E-state index in [9.17, 15) is 4.79 Å². The summed E-state index contributed by atoms with van der Waals surface area (Å²) in [7, 11) is 1.31. The SMILES string of the molecule is COC(=O)c1cc(-c2ccc(Cl)c(Cl)c2)n(Cc2nnc(C3CC3)o2)n1. The van der Waals surface area contributed by atoms with E-state index in [1.807, 2.05) is 0 Å². The Morgan fingerprint density at radius 3 is 2.77 bits per heavy atom. The normalized spacial score (nSPS) is 13.8. The van der Waals surface area contributed by atoms with E-state index in [0.717, 1.165) is 18.4 Å². The van der Waals surface area contributed by atoms with E-state index >= 15 is 0 Å². The first-order valence-corrected chi connectivity index (χ1v) is 8.74. The smallest absolute Gasteiger partial charge is 0.358 e. The second-order valence-electron chi connectivity index (χ2n) is 6.00. The molecule has 1 aliphatic rings. The van der Waals surface area contributed by atoms with Gasteiger partial charge < -0.3 is 9.15 Å². The number of hydrogen-bond donors (Lipinski definition) is 0. The molecule has 3 aromatic rings. The second kappa shape index (κ2) is 6.74. The van der Waals surface area contributed by atoms with Gasteiger partial charge in [0.2, 0.25) is 11.8 Å². The number of hydrogen-bond acceptors (Lipinski definition) is 6. The molecule has 0 saturated heterocycles. The molecule has 0 N–H and O–H groups in total. The highest BCUT2D eigenvalue weighted by Crippen LogP contribution is 2.39. The number of halogens is 2. The van der Waals surface area contributed by atoms with Gasteiger partial charge in [-0.05, 0) is 31.0 Å². The highest BCUT2D eigenvalue weighted by molar-refractivity contribution is 6.42. The number of benzene rings is 1. The van der Waals surface area contributed by atoms with Gasteiger partial charge in [-0.25, -0.2) is 4.79 Å². The molecule has 0 unspecified atom stereocenters. The Kier molecular flexibility index (Phi) is 4.42.